The second-order valence-corrected chi connectivity index (χ2v) is 5.77. The Morgan fingerprint density at radius 2 is 2.13 bits per heavy atom. The molecule has 5 heteroatoms. The molecular weight excluding hydrogens is 288 g/mol. The molecule has 0 spiro atoms. The SMILES string of the molecule is C[C@@H]1Cc2ccccc2N1C(=O)c1cc(-c2cccnc2)n[nH]1. The summed E-state index contributed by atoms with van der Waals surface area (Å²) in [6, 6.07) is 13.7. The number of anilines is 1. The molecule has 1 aliphatic heterocycles. The van der Waals surface area contributed by atoms with E-state index >= 15 is 0 Å². The zero-order chi connectivity index (χ0) is 15.8. The molecule has 1 aromatic carbocycles. The molecule has 3 aromatic rings. The van der Waals surface area contributed by atoms with Gasteiger partial charge in [0.05, 0.1) is 5.69 Å². The molecule has 23 heavy (non-hydrogen) atoms. The van der Waals surface area contributed by atoms with Gasteiger partial charge in [-0.25, -0.2) is 0 Å². The summed E-state index contributed by atoms with van der Waals surface area (Å²) < 4.78 is 0. The van der Waals surface area contributed by atoms with Crippen LogP contribution in [0.5, 0.6) is 0 Å². The maximum absolute atomic E-state index is 12.9. The minimum atomic E-state index is -0.0508. The van der Waals surface area contributed by atoms with Gasteiger partial charge in [-0.15, -0.1) is 0 Å². The van der Waals surface area contributed by atoms with Gasteiger partial charge >= 0.3 is 0 Å². The summed E-state index contributed by atoms with van der Waals surface area (Å²) in [5.41, 5.74) is 4.30. The lowest BCUT2D eigenvalue weighted by Crippen LogP contribution is -2.35. The van der Waals surface area contributed by atoms with Crippen LogP contribution < -0.4 is 4.90 Å². The minimum absolute atomic E-state index is 0.0508. The number of carbonyl (C=O) groups is 1. The highest BCUT2D eigenvalue weighted by Gasteiger charge is 2.32. The average molecular weight is 304 g/mol. The van der Waals surface area contributed by atoms with E-state index in [0.717, 1.165) is 23.4 Å². The number of para-hydroxylation sites is 1. The molecule has 1 N–H and O–H groups in total. The fraction of sp³-hybridized carbons (Fsp3) is 0.167. The van der Waals surface area contributed by atoms with Crippen LogP contribution in [0, 0.1) is 0 Å². The maximum Gasteiger partial charge on any atom is 0.276 e. The largest absolute Gasteiger partial charge is 0.304 e. The Morgan fingerprint density at radius 1 is 1.26 bits per heavy atom. The van der Waals surface area contributed by atoms with E-state index in [1.165, 1.54) is 5.56 Å². The second kappa shape index (κ2) is 5.35. The third-order valence-corrected chi connectivity index (χ3v) is 4.19. The number of benzene rings is 1. The fourth-order valence-corrected chi connectivity index (χ4v) is 3.10. The molecule has 0 fully saturated rings. The number of aromatic nitrogens is 3. The summed E-state index contributed by atoms with van der Waals surface area (Å²) in [4.78, 5) is 18.8. The van der Waals surface area contributed by atoms with Crippen molar-refractivity contribution < 1.29 is 4.79 Å². The summed E-state index contributed by atoms with van der Waals surface area (Å²) in [5.74, 6) is -0.0508. The molecule has 1 atom stereocenters. The lowest BCUT2D eigenvalue weighted by molar-refractivity contribution is 0.0976. The molecule has 2 aromatic heterocycles. The van der Waals surface area contributed by atoms with E-state index in [0.29, 0.717) is 5.69 Å². The van der Waals surface area contributed by atoms with Gasteiger partial charge in [-0.1, -0.05) is 18.2 Å². The zero-order valence-corrected chi connectivity index (χ0v) is 12.7. The minimum Gasteiger partial charge on any atom is -0.304 e. The number of carbonyl (C=O) groups excluding carboxylic acids is 1. The Morgan fingerprint density at radius 3 is 2.96 bits per heavy atom. The Labute approximate surface area is 134 Å². The predicted molar refractivity (Wildman–Crippen MR) is 88.2 cm³/mol. The number of H-pyrrole nitrogens is 1. The van der Waals surface area contributed by atoms with Gasteiger partial charge in [0.25, 0.3) is 5.91 Å². The molecule has 3 heterocycles. The van der Waals surface area contributed by atoms with Crippen molar-refractivity contribution in [1.82, 2.24) is 15.2 Å². The fourth-order valence-electron chi connectivity index (χ4n) is 3.10. The molecule has 114 valence electrons. The van der Waals surface area contributed by atoms with E-state index in [1.807, 2.05) is 35.2 Å². The van der Waals surface area contributed by atoms with Crippen LogP contribution in [-0.4, -0.2) is 27.1 Å². The van der Waals surface area contributed by atoms with Crippen molar-refractivity contribution in [3.63, 3.8) is 0 Å². The number of nitrogens with one attached hydrogen (secondary N) is 1. The van der Waals surface area contributed by atoms with E-state index < -0.39 is 0 Å². The standard InChI is InChI=1S/C18H16N4O/c1-12-9-13-5-2-3-7-17(13)22(12)18(23)16-10-15(20-21-16)14-6-4-8-19-11-14/h2-8,10-12H,9H2,1H3,(H,20,21)/t12-/m1/s1. The van der Waals surface area contributed by atoms with Gasteiger partial charge in [0, 0.05) is 29.7 Å². The topological polar surface area (TPSA) is 61.9 Å². The summed E-state index contributed by atoms with van der Waals surface area (Å²) in [6.07, 6.45) is 4.33. The quantitative estimate of drug-likeness (QED) is 0.791. The van der Waals surface area contributed by atoms with Crippen molar-refractivity contribution >= 4 is 11.6 Å². The van der Waals surface area contributed by atoms with Crippen LogP contribution in [0.1, 0.15) is 23.0 Å². The number of amides is 1. The van der Waals surface area contributed by atoms with Crippen LogP contribution in [0.2, 0.25) is 0 Å². The Balaban J connectivity index is 1.67. The molecule has 0 saturated heterocycles. The Kier molecular flexibility index (Phi) is 3.19. The number of hydrogen-bond acceptors (Lipinski definition) is 3. The lowest BCUT2D eigenvalue weighted by atomic mass is 10.1. The first-order valence-corrected chi connectivity index (χ1v) is 7.61. The van der Waals surface area contributed by atoms with Crippen LogP contribution in [0.4, 0.5) is 5.69 Å². The number of rotatable bonds is 2. The van der Waals surface area contributed by atoms with E-state index in [1.54, 1.807) is 18.5 Å². The molecule has 1 aliphatic rings. The van der Waals surface area contributed by atoms with Gasteiger partial charge in [-0.05, 0) is 43.2 Å². The van der Waals surface area contributed by atoms with Crippen LogP contribution in [0.25, 0.3) is 11.3 Å². The first kappa shape index (κ1) is 13.7. The smallest absolute Gasteiger partial charge is 0.276 e. The highest BCUT2D eigenvalue weighted by molar-refractivity contribution is 6.07. The van der Waals surface area contributed by atoms with E-state index in [9.17, 15) is 4.79 Å². The predicted octanol–water partition coefficient (Wildman–Crippen LogP) is 3.06. The molecule has 0 saturated carbocycles. The highest BCUT2D eigenvalue weighted by Crippen LogP contribution is 2.33. The van der Waals surface area contributed by atoms with Crippen LogP contribution in [0.15, 0.2) is 54.9 Å². The monoisotopic (exact) mass is 304 g/mol. The molecule has 1 amide bonds. The molecule has 5 nitrogen and oxygen atoms in total. The molecular formula is C18H16N4O. The van der Waals surface area contributed by atoms with Gasteiger partial charge in [0.1, 0.15) is 5.69 Å². The molecule has 0 aliphatic carbocycles. The third-order valence-electron chi connectivity index (χ3n) is 4.19. The Bertz CT molecular complexity index is 856. The van der Waals surface area contributed by atoms with Crippen molar-refractivity contribution in [2.75, 3.05) is 4.90 Å². The third kappa shape index (κ3) is 2.30. The summed E-state index contributed by atoms with van der Waals surface area (Å²) in [6.45, 7) is 2.07. The number of fused-ring (bicyclic) bond motifs is 1. The van der Waals surface area contributed by atoms with Gasteiger partial charge < -0.3 is 4.90 Å². The maximum atomic E-state index is 12.9. The zero-order valence-electron chi connectivity index (χ0n) is 12.7. The van der Waals surface area contributed by atoms with Crippen molar-refractivity contribution in [3.8, 4) is 11.3 Å². The second-order valence-electron chi connectivity index (χ2n) is 5.77. The van der Waals surface area contributed by atoms with Gasteiger partial charge in [-0.3, -0.25) is 14.9 Å². The summed E-state index contributed by atoms with van der Waals surface area (Å²) in [5, 5.41) is 7.11. The summed E-state index contributed by atoms with van der Waals surface area (Å²) >= 11 is 0. The van der Waals surface area contributed by atoms with Gasteiger partial charge in [0.15, 0.2) is 0 Å². The van der Waals surface area contributed by atoms with Gasteiger partial charge in [0.2, 0.25) is 0 Å². The van der Waals surface area contributed by atoms with Crippen molar-refractivity contribution in [2.24, 2.45) is 0 Å². The number of pyridine rings is 1. The van der Waals surface area contributed by atoms with Gasteiger partial charge in [-0.2, -0.15) is 5.10 Å². The summed E-state index contributed by atoms with van der Waals surface area (Å²) in [7, 11) is 0. The van der Waals surface area contributed by atoms with Crippen LogP contribution >= 0.6 is 0 Å². The van der Waals surface area contributed by atoms with E-state index in [4.69, 9.17) is 0 Å². The highest BCUT2D eigenvalue weighted by atomic mass is 16.2. The first-order chi connectivity index (χ1) is 11.2. The van der Waals surface area contributed by atoms with Crippen molar-refractivity contribution in [2.45, 2.75) is 19.4 Å². The van der Waals surface area contributed by atoms with Crippen molar-refractivity contribution in [3.05, 3.63) is 66.1 Å². The first-order valence-electron chi connectivity index (χ1n) is 7.61. The van der Waals surface area contributed by atoms with E-state index in [2.05, 4.69) is 28.2 Å². The van der Waals surface area contributed by atoms with Crippen LogP contribution in [-0.2, 0) is 6.42 Å². The molecule has 0 unspecified atom stereocenters. The lowest BCUT2D eigenvalue weighted by Gasteiger charge is -2.21. The number of nitrogens with zero attached hydrogens (tertiary/aromatic N) is 3. The Hall–Kier alpha value is -2.95. The van der Waals surface area contributed by atoms with Crippen LogP contribution in [0.3, 0.4) is 0 Å². The molecule has 0 radical (unpaired) electrons. The number of hydrogen-bond donors (Lipinski definition) is 1. The average Bonchev–Trinajstić information content (AvgIpc) is 3.19. The van der Waals surface area contributed by atoms with Crippen molar-refractivity contribution in [1.29, 1.82) is 0 Å². The number of aromatic amines is 1. The normalized spacial score (nSPS) is 16.4. The molecule has 4 rings (SSSR count). The van der Waals surface area contributed by atoms with E-state index in [-0.39, 0.29) is 11.9 Å². The molecule has 0 bridgehead atoms.